The molecule has 3 nitrogen and oxygen atoms in total. The van der Waals surface area contributed by atoms with Crippen molar-refractivity contribution < 1.29 is 9.47 Å². The minimum Gasteiger partial charge on any atom is -0.491 e. The van der Waals surface area contributed by atoms with E-state index in [0.29, 0.717) is 13.2 Å². The molecule has 1 aromatic carbocycles. The van der Waals surface area contributed by atoms with E-state index in [0.717, 1.165) is 21.8 Å². The van der Waals surface area contributed by atoms with Crippen LogP contribution in [0.4, 0.5) is 0 Å². The van der Waals surface area contributed by atoms with Gasteiger partial charge in [0.2, 0.25) is 0 Å². The number of nitrogens with zero attached hydrogens (tertiary/aromatic N) is 1. The quantitative estimate of drug-likeness (QED) is 0.600. The van der Waals surface area contributed by atoms with E-state index < -0.39 is 0 Å². The summed E-state index contributed by atoms with van der Waals surface area (Å²) in [4.78, 5) is 0. The molecule has 0 spiro atoms. The number of hydrogen-bond acceptors (Lipinski definition) is 4. The molecule has 0 saturated heterocycles. The standard InChI is InChI=1S/C14H17NO2S2/c1-11-10-19-14(18)15(11)9-12-5-3-4-6-13(12)17-8-7-16-2/h3-6,10H,7-9H2,1-2H3. The van der Waals surface area contributed by atoms with E-state index in [1.807, 2.05) is 18.2 Å². The molecule has 102 valence electrons. The number of para-hydroxylation sites is 1. The van der Waals surface area contributed by atoms with E-state index in [-0.39, 0.29) is 0 Å². The molecule has 2 rings (SSSR count). The van der Waals surface area contributed by atoms with Crippen LogP contribution in [0.3, 0.4) is 0 Å². The van der Waals surface area contributed by atoms with E-state index in [2.05, 4.69) is 22.9 Å². The maximum atomic E-state index is 5.74. The lowest BCUT2D eigenvalue weighted by Gasteiger charge is -2.12. The number of benzene rings is 1. The van der Waals surface area contributed by atoms with Crippen molar-refractivity contribution in [1.82, 2.24) is 4.57 Å². The smallest absolute Gasteiger partial charge is 0.161 e. The summed E-state index contributed by atoms with van der Waals surface area (Å²) < 4.78 is 13.8. The Morgan fingerprint density at radius 3 is 2.74 bits per heavy atom. The lowest BCUT2D eigenvalue weighted by molar-refractivity contribution is 0.145. The van der Waals surface area contributed by atoms with Gasteiger partial charge in [0.15, 0.2) is 3.95 Å². The summed E-state index contributed by atoms with van der Waals surface area (Å²) in [7, 11) is 1.67. The number of thiazole rings is 1. The van der Waals surface area contributed by atoms with Crippen molar-refractivity contribution in [3.63, 3.8) is 0 Å². The molecule has 1 aromatic heterocycles. The minimum absolute atomic E-state index is 0.557. The molecule has 1 heterocycles. The Morgan fingerprint density at radius 2 is 2.05 bits per heavy atom. The number of aromatic nitrogens is 1. The lowest BCUT2D eigenvalue weighted by Crippen LogP contribution is -2.08. The first-order valence-electron chi connectivity index (χ1n) is 6.07. The Labute approximate surface area is 122 Å². The van der Waals surface area contributed by atoms with Crippen molar-refractivity contribution in [2.45, 2.75) is 13.5 Å². The molecule has 2 aromatic rings. The van der Waals surface area contributed by atoms with E-state index in [4.69, 9.17) is 21.7 Å². The molecule has 5 heteroatoms. The molecular weight excluding hydrogens is 278 g/mol. The van der Waals surface area contributed by atoms with Crippen molar-refractivity contribution in [2.24, 2.45) is 0 Å². The molecule has 0 N–H and O–H groups in total. The molecule has 0 amide bonds. The highest BCUT2D eigenvalue weighted by Crippen LogP contribution is 2.21. The number of methoxy groups -OCH3 is 1. The van der Waals surface area contributed by atoms with E-state index in [1.165, 1.54) is 5.69 Å². The normalized spacial score (nSPS) is 10.6. The zero-order valence-corrected chi connectivity index (χ0v) is 12.7. The predicted molar refractivity (Wildman–Crippen MR) is 80.8 cm³/mol. The number of ether oxygens (including phenoxy) is 2. The van der Waals surface area contributed by atoms with Gasteiger partial charge in [-0.3, -0.25) is 0 Å². The largest absolute Gasteiger partial charge is 0.491 e. The minimum atomic E-state index is 0.557. The van der Waals surface area contributed by atoms with Crippen LogP contribution in [0.15, 0.2) is 29.6 Å². The SMILES string of the molecule is COCCOc1ccccc1Cn1c(C)csc1=S. The number of aryl methyl sites for hydroxylation is 1. The Balaban J connectivity index is 2.18. The van der Waals surface area contributed by atoms with Crippen molar-refractivity contribution in [3.8, 4) is 5.75 Å². The molecular formula is C14H17NO2S2. The maximum absolute atomic E-state index is 5.74. The van der Waals surface area contributed by atoms with Gasteiger partial charge in [0, 0.05) is 23.7 Å². The fourth-order valence-electron chi connectivity index (χ4n) is 1.78. The Morgan fingerprint density at radius 1 is 1.26 bits per heavy atom. The average Bonchev–Trinajstić information content (AvgIpc) is 2.73. The fourth-order valence-corrected chi connectivity index (χ4v) is 2.86. The molecule has 0 bridgehead atoms. The second kappa shape index (κ2) is 6.84. The second-order valence-electron chi connectivity index (χ2n) is 4.18. The molecule has 19 heavy (non-hydrogen) atoms. The average molecular weight is 295 g/mol. The topological polar surface area (TPSA) is 23.4 Å². The highest BCUT2D eigenvalue weighted by Gasteiger charge is 2.06. The first-order valence-corrected chi connectivity index (χ1v) is 7.35. The summed E-state index contributed by atoms with van der Waals surface area (Å²) in [5, 5.41) is 2.08. The molecule has 0 fully saturated rings. The molecule has 0 radical (unpaired) electrons. The van der Waals surface area contributed by atoms with Crippen LogP contribution in [-0.4, -0.2) is 24.9 Å². The first-order chi connectivity index (χ1) is 9.22. The third-order valence-corrected chi connectivity index (χ3v) is 4.21. The van der Waals surface area contributed by atoms with Crippen molar-refractivity contribution in [2.75, 3.05) is 20.3 Å². The third kappa shape index (κ3) is 3.65. The third-order valence-electron chi connectivity index (χ3n) is 2.82. The van der Waals surface area contributed by atoms with Crippen molar-refractivity contribution in [3.05, 3.63) is 44.9 Å². The molecule has 0 aliphatic heterocycles. The highest BCUT2D eigenvalue weighted by atomic mass is 32.1. The molecule has 0 saturated carbocycles. The van der Waals surface area contributed by atoms with Gasteiger partial charge in [-0.25, -0.2) is 0 Å². The van der Waals surface area contributed by atoms with Gasteiger partial charge < -0.3 is 14.0 Å². The van der Waals surface area contributed by atoms with Gasteiger partial charge >= 0.3 is 0 Å². The van der Waals surface area contributed by atoms with Gasteiger partial charge in [-0.15, -0.1) is 11.3 Å². The monoisotopic (exact) mass is 295 g/mol. The summed E-state index contributed by atoms with van der Waals surface area (Å²) in [6.07, 6.45) is 0. The van der Waals surface area contributed by atoms with Gasteiger partial charge in [0.1, 0.15) is 12.4 Å². The van der Waals surface area contributed by atoms with Crippen LogP contribution in [-0.2, 0) is 11.3 Å². The van der Waals surface area contributed by atoms with E-state index in [1.54, 1.807) is 18.4 Å². The summed E-state index contributed by atoms with van der Waals surface area (Å²) in [6, 6.07) is 8.05. The molecule has 0 unspecified atom stereocenters. The van der Waals surface area contributed by atoms with E-state index >= 15 is 0 Å². The lowest BCUT2D eigenvalue weighted by atomic mass is 10.2. The van der Waals surface area contributed by atoms with Gasteiger partial charge in [-0.2, -0.15) is 0 Å². The van der Waals surface area contributed by atoms with Crippen LogP contribution in [0.25, 0.3) is 0 Å². The fraction of sp³-hybridized carbons (Fsp3) is 0.357. The van der Waals surface area contributed by atoms with Crippen molar-refractivity contribution >= 4 is 23.6 Å². The van der Waals surface area contributed by atoms with Crippen LogP contribution >= 0.6 is 23.6 Å². The zero-order valence-electron chi connectivity index (χ0n) is 11.1. The van der Waals surface area contributed by atoms with E-state index in [9.17, 15) is 0 Å². The zero-order chi connectivity index (χ0) is 13.7. The predicted octanol–water partition coefficient (Wildman–Crippen LogP) is 3.66. The highest BCUT2D eigenvalue weighted by molar-refractivity contribution is 7.73. The van der Waals surface area contributed by atoms with Gasteiger partial charge in [0.05, 0.1) is 13.2 Å². The Kier molecular flexibility index (Phi) is 5.13. The van der Waals surface area contributed by atoms with Crippen molar-refractivity contribution in [1.29, 1.82) is 0 Å². The van der Waals surface area contributed by atoms with Crippen LogP contribution in [0.2, 0.25) is 0 Å². The van der Waals surface area contributed by atoms with Crippen LogP contribution in [0, 0.1) is 10.9 Å². The van der Waals surface area contributed by atoms with Gasteiger partial charge in [0.25, 0.3) is 0 Å². The molecule has 0 atom stereocenters. The van der Waals surface area contributed by atoms with Crippen LogP contribution in [0.5, 0.6) is 5.75 Å². The molecule has 0 aliphatic rings. The Hall–Kier alpha value is -1.17. The maximum Gasteiger partial charge on any atom is 0.161 e. The Bertz CT molecular complexity index is 589. The van der Waals surface area contributed by atoms with Gasteiger partial charge in [-0.1, -0.05) is 18.2 Å². The van der Waals surface area contributed by atoms with Crippen LogP contribution < -0.4 is 4.74 Å². The summed E-state index contributed by atoms with van der Waals surface area (Å²) in [5.41, 5.74) is 2.32. The number of hydrogen-bond donors (Lipinski definition) is 0. The summed E-state index contributed by atoms with van der Waals surface area (Å²) >= 11 is 6.94. The van der Waals surface area contributed by atoms with Gasteiger partial charge in [-0.05, 0) is 25.2 Å². The number of rotatable bonds is 6. The molecule has 0 aliphatic carbocycles. The summed E-state index contributed by atoms with van der Waals surface area (Å²) in [6.45, 7) is 3.96. The first kappa shape index (κ1) is 14.2. The van der Waals surface area contributed by atoms with Crippen LogP contribution in [0.1, 0.15) is 11.3 Å². The summed E-state index contributed by atoms with van der Waals surface area (Å²) in [5.74, 6) is 0.895. The second-order valence-corrected chi connectivity index (χ2v) is 5.68.